The van der Waals surface area contributed by atoms with Crippen molar-refractivity contribution in [2.24, 2.45) is 21.2 Å². The molecule has 4 heteroatoms. The first-order chi connectivity index (χ1) is 8.90. The van der Waals surface area contributed by atoms with Gasteiger partial charge in [-0.25, -0.2) is 0 Å². The van der Waals surface area contributed by atoms with Crippen LogP contribution in [0.5, 0.6) is 0 Å². The van der Waals surface area contributed by atoms with E-state index in [1.54, 1.807) is 0 Å². The van der Waals surface area contributed by atoms with Crippen molar-refractivity contribution in [1.82, 2.24) is 5.01 Å². The fraction of sp³-hybridized carbons (Fsp3) is 0.812. The topological polar surface area (TPSA) is 45.0 Å². The van der Waals surface area contributed by atoms with Gasteiger partial charge in [-0.3, -0.25) is 9.80 Å². The Morgan fingerprint density at radius 3 is 1.85 bits per heavy atom. The van der Waals surface area contributed by atoms with Crippen LogP contribution in [0.1, 0.15) is 62.3 Å². The van der Waals surface area contributed by atoms with Crippen molar-refractivity contribution in [3.8, 4) is 0 Å². The monoisotopic (exact) mass is 279 g/mol. The Morgan fingerprint density at radius 1 is 1.05 bits per heavy atom. The van der Waals surface area contributed by atoms with E-state index < -0.39 is 5.41 Å². The number of allylic oxidation sites excluding steroid dienone is 2. The third kappa shape index (κ3) is 2.94. The van der Waals surface area contributed by atoms with E-state index in [4.69, 9.17) is 0 Å². The van der Waals surface area contributed by atoms with Crippen molar-refractivity contribution >= 4 is 5.78 Å². The summed E-state index contributed by atoms with van der Waals surface area (Å²) in [6, 6.07) is 0.577. The summed E-state index contributed by atoms with van der Waals surface area (Å²) >= 11 is 0. The van der Waals surface area contributed by atoms with Crippen molar-refractivity contribution in [2.45, 2.75) is 74.4 Å². The number of hydrogen-bond acceptors (Lipinski definition) is 3. The molecule has 0 N–H and O–H groups in total. The normalized spacial score (nSPS) is 19.2. The molecule has 0 amide bonds. The Hall–Kier alpha value is -1.19. The van der Waals surface area contributed by atoms with Crippen LogP contribution in [0.3, 0.4) is 0 Å². The summed E-state index contributed by atoms with van der Waals surface area (Å²) in [6.45, 7) is 18.4. The van der Waals surface area contributed by atoms with Crippen LogP contribution in [-0.4, -0.2) is 22.9 Å². The van der Waals surface area contributed by atoms with Gasteiger partial charge in [0.15, 0.2) is 5.78 Å². The van der Waals surface area contributed by atoms with Crippen LogP contribution < -0.4 is 0 Å². The SMILES string of the molecule is CC(C)N(N=NC1=C(C(C)(C)C)C(=O)C1(C)C)C(C)C. The van der Waals surface area contributed by atoms with Gasteiger partial charge in [0.2, 0.25) is 0 Å². The fourth-order valence-corrected chi connectivity index (χ4v) is 2.55. The lowest BCUT2D eigenvalue weighted by molar-refractivity contribution is -0.125. The molecule has 0 unspecified atom stereocenters. The summed E-state index contributed by atoms with van der Waals surface area (Å²) in [7, 11) is 0. The first kappa shape index (κ1) is 16.9. The molecule has 4 nitrogen and oxygen atoms in total. The van der Waals surface area contributed by atoms with E-state index in [0.29, 0.717) is 0 Å². The minimum absolute atomic E-state index is 0.179. The molecule has 0 bridgehead atoms. The smallest absolute Gasteiger partial charge is 0.172 e. The first-order valence-electron chi connectivity index (χ1n) is 7.40. The first-order valence-corrected chi connectivity index (χ1v) is 7.40. The standard InChI is InChI=1S/C16H29N3O/c1-10(2)19(11(3)4)18-17-13-12(15(5,6)7)14(20)16(13,8)9/h10-11H,1-9H3. The van der Waals surface area contributed by atoms with Gasteiger partial charge < -0.3 is 0 Å². The van der Waals surface area contributed by atoms with Crippen LogP contribution in [0.15, 0.2) is 21.6 Å². The summed E-state index contributed by atoms with van der Waals surface area (Å²) in [5, 5.41) is 10.8. The van der Waals surface area contributed by atoms with Crippen LogP contribution in [0.4, 0.5) is 0 Å². The molecule has 0 aromatic heterocycles. The van der Waals surface area contributed by atoms with Crippen molar-refractivity contribution in [3.63, 3.8) is 0 Å². The Labute approximate surface area is 123 Å². The third-order valence-electron chi connectivity index (χ3n) is 3.68. The summed E-state index contributed by atoms with van der Waals surface area (Å²) in [6.07, 6.45) is 0. The maximum atomic E-state index is 12.3. The van der Waals surface area contributed by atoms with Gasteiger partial charge in [0, 0.05) is 17.7 Å². The maximum Gasteiger partial charge on any atom is 0.172 e. The summed E-state index contributed by atoms with van der Waals surface area (Å²) in [4.78, 5) is 12.3. The molecule has 0 heterocycles. The van der Waals surface area contributed by atoms with Gasteiger partial charge in [-0.1, -0.05) is 26.0 Å². The summed E-state index contributed by atoms with van der Waals surface area (Å²) in [5.41, 5.74) is 0.965. The molecule has 0 fully saturated rings. The molecule has 1 rings (SSSR count). The maximum absolute atomic E-state index is 12.3. The van der Waals surface area contributed by atoms with Gasteiger partial charge in [0.25, 0.3) is 0 Å². The fourth-order valence-electron chi connectivity index (χ4n) is 2.55. The van der Waals surface area contributed by atoms with Crippen LogP contribution >= 0.6 is 0 Å². The van der Waals surface area contributed by atoms with Gasteiger partial charge in [-0.15, -0.1) is 5.11 Å². The van der Waals surface area contributed by atoms with Crippen LogP contribution in [0, 0.1) is 10.8 Å². The molecule has 1 aliphatic carbocycles. The predicted molar refractivity (Wildman–Crippen MR) is 82.2 cm³/mol. The molecule has 0 saturated heterocycles. The van der Waals surface area contributed by atoms with E-state index in [0.717, 1.165) is 11.3 Å². The molecule has 0 radical (unpaired) electrons. The number of nitrogens with zero attached hydrogens (tertiary/aromatic N) is 3. The molecule has 114 valence electrons. The molecule has 20 heavy (non-hydrogen) atoms. The number of ketones is 1. The van der Waals surface area contributed by atoms with E-state index in [1.165, 1.54) is 0 Å². The average Bonchev–Trinajstić information content (AvgIpc) is 2.24. The van der Waals surface area contributed by atoms with Crippen molar-refractivity contribution in [1.29, 1.82) is 0 Å². The zero-order valence-corrected chi connectivity index (χ0v) is 14.4. The van der Waals surface area contributed by atoms with Crippen LogP contribution in [-0.2, 0) is 4.79 Å². The Bertz CT molecular complexity index is 443. The highest BCUT2D eigenvalue weighted by atomic mass is 16.1. The lowest BCUT2D eigenvalue weighted by Crippen LogP contribution is -2.43. The Kier molecular flexibility index (Phi) is 4.47. The Balaban J connectivity index is 3.16. The summed E-state index contributed by atoms with van der Waals surface area (Å²) in [5.74, 6) is 0.194. The number of carbonyl (C=O) groups excluding carboxylic acids is 1. The molecule has 0 aliphatic heterocycles. The molecule has 0 aromatic rings. The zero-order valence-electron chi connectivity index (χ0n) is 14.4. The van der Waals surface area contributed by atoms with Gasteiger partial charge in [0.1, 0.15) is 0 Å². The van der Waals surface area contributed by atoms with Gasteiger partial charge in [0.05, 0.1) is 11.1 Å². The molecular weight excluding hydrogens is 250 g/mol. The van der Waals surface area contributed by atoms with Crippen molar-refractivity contribution in [2.75, 3.05) is 0 Å². The van der Waals surface area contributed by atoms with E-state index in [1.807, 2.05) is 39.6 Å². The molecule has 0 aromatic carbocycles. The lowest BCUT2D eigenvalue weighted by atomic mass is 9.62. The van der Waals surface area contributed by atoms with Crippen LogP contribution in [0.2, 0.25) is 0 Å². The quantitative estimate of drug-likeness (QED) is 0.566. The van der Waals surface area contributed by atoms with Crippen molar-refractivity contribution < 1.29 is 4.79 Å². The van der Waals surface area contributed by atoms with E-state index in [9.17, 15) is 4.79 Å². The minimum Gasteiger partial charge on any atom is -0.293 e. The zero-order chi connectivity index (χ0) is 15.9. The lowest BCUT2D eigenvalue weighted by Gasteiger charge is -2.41. The largest absolute Gasteiger partial charge is 0.293 e. The molecule has 0 atom stereocenters. The highest BCUT2D eigenvalue weighted by Gasteiger charge is 2.50. The second-order valence-corrected chi connectivity index (χ2v) is 7.68. The second kappa shape index (κ2) is 5.30. The number of hydrogen-bond donors (Lipinski definition) is 0. The number of Topliss-reactive ketones (excluding diaryl/α,β-unsaturated/α-hetero) is 1. The molecule has 0 spiro atoms. The number of rotatable bonds is 4. The van der Waals surface area contributed by atoms with E-state index in [-0.39, 0.29) is 23.3 Å². The van der Waals surface area contributed by atoms with Crippen molar-refractivity contribution in [3.05, 3.63) is 11.3 Å². The predicted octanol–water partition coefficient (Wildman–Crippen LogP) is 4.38. The van der Waals surface area contributed by atoms with Gasteiger partial charge in [-0.2, -0.15) is 0 Å². The second-order valence-electron chi connectivity index (χ2n) is 7.68. The molecular formula is C16H29N3O. The number of carbonyl (C=O) groups is 1. The minimum atomic E-state index is -0.508. The van der Waals surface area contributed by atoms with Crippen LogP contribution in [0.25, 0.3) is 0 Å². The van der Waals surface area contributed by atoms with Gasteiger partial charge >= 0.3 is 0 Å². The van der Waals surface area contributed by atoms with E-state index >= 15 is 0 Å². The molecule has 0 saturated carbocycles. The highest BCUT2D eigenvalue weighted by molar-refractivity contribution is 6.10. The van der Waals surface area contributed by atoms with Gasteiger partial charge in [-0.05, 0) is 47.0 Å². The highest BCUT2D eigenvalue weighted by Crippen LogP contribution is 2.50. The average molecular weight is 279 g/mol. The third-order valence-corrected chi connectivity index (χ3v) is 3.68. The Morgan fingerprint density at radius 2 is 1.50 bits per heavy atom. The summed E-state index contributed by atoms with van der Waals surface area (Å²) < 4.78 is 0. The molecule has 1 aliphatic rings. The van der Waals surface area contributed by atoms with E-state index in [2.05, 4.69) is 38.0 Å².